The number of fused-ring (bicyclic) bond motifs is 1. The molecule has 0 aromatic heterocycles. The molecule has 2 aliphatic rings. The zero-order valence-electron chi connectivity index (χ0n) is 17.2. The van der Waals surface area contributed by atoms with Gasteiger partial charge in [-0.15, -0.1) is 0 Å². The van der Waals surface area contributed by atoms with Crippen molar-refractivity contribution in [3.8, 4) is 5.75 Å². The van der Waals surface area contributed by atoms with Crippen molar-refractivity contribution in [3.05, 3.63) is 29.8 Å². The van der Waals surface area contributed by atoms with Gasteiger partial charge in [-0.25, -0.2) is 9.79 Å². The molecule has 3 N–H and O–H groups in total. The van der Waals surface area contributed by atoms with Gasteiger partial charge in [0.25, 0.3) is 5.91 Å². The number of aliphatic hydroxyl groups excluding tert-OH is 1. The lowest BCUT2D eigenvalue weighted by atomic mass is 10.0. The van der Waals surface area contributed by atoms with E-state index in [0.29, 0.717) is 6.54 Å². The fourth-order valence-corrected chi connectivity index (χ4v) is 3.83. The average Bonchev–Trinajstić information content (AvgIpc) is 3.13. The first-order chi connectivity index (χ1) is 13.7. The van der Waals surface area contributed by atoms with Gasteiger partial charge in [-0.2, -0.15) is 0 Å². The van der Waals surface area contributed by atoms with Crippen molar-refractivity contribution in [3.63, 3.8) is 0 Å². The second-order valence-electron chi connectivity index (χ2n) is 7.83. The highest BCUT2D eigenvalue weighted by atomic mass is 16.3. The molecule has 5 atom stereocenters. The van der Waals surface area contributed by atoms with Gasteiger partial charge in [0.2, 0.25) is 0 Å². The van der Waals surface area contributed by atoms with Crippen LogP contribution in [0.1, 0.15) is 31.9 Å². The molecule has 1 aromatic rings. The quantitative estimate of drug-likeness (QED) is 0.620. The number of carbonyl (C=O) groups is 2. The van der Waals surface area contributed by atoms with E-state index in [1.54, 1.807) is 37.7 Å². The third kappa shape index (κ3) is 4.20. The summed E-state index contributed by atoms with van der Waals surface area (Å²) in [7, 11) is 3.14. The van der Waals surface area contributed by atoms with E-state index in [4.69, 9.17) is 0 Å². The Labute approximate surface area is 170 Å². The number of phenols is 1. The monoisotopic (exact) mass is 403 g/mol. The van der Waals surface area contributed by atoms with E-state index in [1.165, 1.54) is 11.9 Å². The number of hydrogen-bond acceptors (Lipinski definition) is 7. The number of aromatic hydroxyl groups is 1. The molecule has 1 aromatic carbocycles. The van der Waals surface area contributed by atoms with Crippen molar-refractivity contribution >= 4 is 18.3 Å². The highest BCUT2D eigenvalue weighted by Gasteiger charge is 2.48. The molecule has 0 saturated carbocycles. The number of imide groups is 1. The zero-order chi connectivity index (χ0) is 21.3. The van der Waals surface area contributed by atoms with Crippen molar-refractivity contribution < 1.29 is 19.8 Å². The molecule has 9 nitrogen and oxygen atoms in total. The van der Waals surface area contributed by atoms with E-state index >= 15 is 0 Å². The summed E-state index contributed by atoms with van der Waals surface area (Å²) >= 11 is 0. The standard InChI is InChI=1S/C20H29N5O4/c1-12(22-13(2)17(27)14-5-7-15(26)8-6-14)9-10-25-11-21-18-16(25)19(28)24(4)20(29)23(18)3/h5-8,11-13,16-18,22,26-27H,9-10H2,1-4H3. The molecule has 0 spiro atoms. The summed E-state index contributed by atoms with van der Waals surface area (Å²) in [6.45, 7) is 4.53. The number of aliphatic imine (C=N–C) groups is 1. The molecule has 5 unspecified atom stereocenters. The van der Waals surface area contributed by atoms with Crippen LogP contribution >= 0.6 is 0 Å². The third-order valence-corrected chi connectivity index (χ3v) is 5.65. The molecule has 0 radical (unpaired) electrons. The molecule has 29 heavy (non-hydrogen) atoms. The summed E-state index contributed by atoms with van der Waals surface area (Å²) < 4.78 is 0. The van der Waals surface area contributed by atoms with Gasteiger partial charge in [0, 0.05) is 32.7 Å². The van der Waals surface area contributed by atoms with Crippen LogP contribution in [0, 0.1) is 0 Å². The van der Waals surface area contributed by atoms with E-state index in [0.717, 1.165) is 16.9 Å². The summed E-state index contributed by atoms with van der Waals surface area (Å²) in [5.74, 6) is -0.0805. The van der Waals surface area contributed by atoms with Gasteiger partial charge >= 0.3 is 6.03 Å². The summed E-state index contributed by atoms with van der Waals surface area (Å²) in [5.41, 5.74) is 0.730. The van der Waals surface area contributed by atoms with Gasteiger partial charge in [-0.3, -0.25) is 9.69 Å². The van der Waals surface area contributed by atoms with Gasteiger partial charge < -0.3 is 25.3 Å². The van der Waals surface area contributed by atoms with Crippen molar-refractivity contribution in [1.82, 2.24) is 20.0 Å². The predicted octanol–water partition coefficient (Wildman–Crippen LogP) is 0.745. The number of benzene rings is 1. The van der Waals surface area contributed by atoms with Crippen molar-refractivity contribution in [2.24, 2.45) is 4.99 Å². The number of nitrogens with zero attached hydrogens (tertiary/aromatic N) is 4. The SMILES string of the molecule is CC(CCN1C=NC2C1C(=O)N(C)C(=O)N2C)NC(C)C(O)c1ccc(O)cc1. The maximum Gasteiger partial charge on any atom is 0.328 e. The summed E-state index contributed by atoms with van der Waals surface area (Å²) in [4.78, 5) is 33.5. The molecule has 1 saturated heterocycles. The molecule has 3 amide bonds. The lowest BCUT2D eigenvalue weighted by molar-refractivity contribution is -0.136. The maximum absolute atomic E-state index is 12.6. The topological polar surface area (TPSA) is 109 Å². The van der Waals surface area contributed by atoms with Crippen LogP contribution < -0.4 is 5.32 Å². The van der Waals surface area contributed by atoms with Crippen LogP contribution in [0.4, 0.5) is 4.79 Å². The van der Waals surface area contributed by atoms with E-state index in [9.17, 15) is 19.8 Å². The molecule has 2 aliphatic heterocycles. The molecule has 158 valence electrons. The molecular formula is C20H29N5O4. The Morgan fingerprint density at radius 2 is 1.83 bits per heavy atom. The highest BCUT2D eigenvalue weighted by molar-refractivity contribution is 6.01. The number of likely N-dealkylation sites (N-methyl/N-ethyl adjacent to an activating group) is 2. The summed E-state index contributed by atoms with van der Waals surface area (Å²) in [5, 5.41) is 23.3. The number of phenolic OH excluding ortho intramolecular Hbond substituents is 1. The predicted molar refractivity (Wildman–Crippen MR) is 108 cm³/mol. The highest BCUT2D eigenvalue weighted by Crippen LogP contribution is 2.25. The first kappa shape index (κ1) is 21.1. The van der Waals surface area contributed by atoms with Crippen LogP contribution in [0.3, 0.4) is 0 Å². The Bertz CT molecular complexity index is 784. The Morgan fingerprint density at radius 1 is 1.17 bits per heavy atom. The van der Waals surface area contributed by atoms with E-state index < -0.39 is 18.3 Å². The Kier molecular flexibility index (Phi) is 6.09. The van der Waals surface area contributed by atoms with Gasteiger partial charge in [0.1, 0.15) is 5.75 Å². The Morgan fingerprint density at radius 3 is 2.48 bits per heavy atom. The first-order valence-corrected chi connectivity index (χ1v) is 9.77. The minimum Gasteiger partial charge on any atom is -0.508 e. The number of amides is 3. The number of rotatable bonds is 7. The lowest BCUT2D eigenvalue weighted by Crippen LogP contribution is -2.63. The van der Waals surface area contributed by atoms with Crippen LogP contribution in [0.2, 0.25) is 0 Å². The number of urea groups is 1. The number of hydrogen-bond donors (Lipinski definition) is 3. The summed E-state index contributed by atoms with van der Waals surface area (Å²) in [6, 6.07) is 5.56. The van der Waals surface area contributed by atoms with E-state index in [2.05, 4.69) is 10.3 Å². The van der Waals surface area contributed by atoms with E-state index in [-0.39, 0.29) is 29.8 Å². The van der Waals surface area contributed by atoms with Gasteiger partial charge in [-0.05, 0) is 38.0 Å². The minimum atomic E-state index is -0.705. The van der Waals surface area contributed by atoms with Crippen LogP contribution in [0.25, 0.3) is 0 Å². The number of carbonyl (C=O) groups excluding carboxylic acids is 2. The van der Waals surface area contributed by atoms with Gasteiger partial charge in [0.15, 0.2) is 12.2 Å². The first-order valence-electron chi connectivity index (χ1n) is 9.77. The average molecular weight is 403 g/mol. The molecule has 0 bridgehead atoms. The van der Waals surface area contributed by atoms with Gasteiger partial charge in [-0.1, -0.05) is 12.1 Å². The fourth-order valence-electron chi connectivity index (χ4n) is 3.83. The van der Waals surface area contributed by atoms with Gasteiger partial charge in [0.05, 0.1) is 12.4 Å². The van der Waals surface area contributed by atoms with Crippen LogP contribution in [0.15, 0.2) is 29.3 Å². The maximum atomic E-state index is 12.6. The zero-order valence-corrected chi connectivity index (χ0v) is 17.2. The van der Waals surface area contributed by atoms with E-state index in [1.807, 2.05) is 18.7 Å². The normalized spacial score (nSPS) is 24.7. The smallest absolute Gasteiger partial charge is 0.328 e. The molecule has 3 rings (SSSR count). The second kappa shape index (κ2) is 8.38. The van der Waals surface area contributed by atoms with Crippen LogP contribution in [-0.4, -0.2) is 88.1 Å². The molecular weight excluding hydrogens is 374 g/mol. The second-order valence-corrected chi connectivity index (χ2v) is 7.83. The summed E-state index contributed by atoms with van der Waals surface area (Å²) in [6.07, 6.45) is 1.20. The minimum absolute atomic E-state index is 0.0833. The third-order valence-electron chi connectivity index (χ3n) is 5.65. The largest absolute Gasteiger partial charge is 0.508 e. The number of aliphatic hydroxyl groups is 1. The Hall–Kier alpha value is -2.65. The van der Waals surface area contributed by atoms with Crippen LogP contribution in [0.5, 0.6) is 5.75 Å². The Balaban J connectivity index is 1.53. The molecule has 9 heteroatoms. The van der Waals surface area contributed by atoms with Crippen molar-refractivity contribution in [2.45, 2.75) is 50.7 Å². The molecule has 2 heterocycles. The molecule has 0 aliphatic carbocycles. The number of nitrogens with one attached hydrogen (secondary N) is 1. The fraction of sp³-hybridized carbons (Fsp3) is 0.550. The van der Waals surface area contributed by atoms with Crippen molar-refractivity contribution in [2.75, 3.05) is 20.6 Å². The van der Waals surface area contributed by atoms with Crippen LogP contribution in [-0.2, 0) is 4.79 Å². The molecule has 1 fully saturated rings. The van der Waals surface area contributed by atoms with Crippen molar-refractivity contribution in [1.29, 1.82) is 0 Å². The lowest BCUT2D eigenvalue weighted by Gasteiger charge is -2.39.